The largest absolute Gasteiger partial charge is 0.399 e. The van der Waals surface area contributed by atoms with Gasteiger partial charge < -0.3 is 4.84 Å². The molecular formula is C18H26N2O3S. The topological polar surface area (TPSA) is 67.8 Å². The number of allylic oxidation sites excluding steroid dienone is 1. The van der Waals surface area contributed by atoms with Crippen molar-refractivity contribution in [1.82, 2.24) is 4.72 Å². The Kier molecular flexibility index (Phi) is 6.18. The van der Waals surface area contributed by atoms with E-state index >= 15 is 0 Å². The molecule has 24 heavy (non-hydrogen) atoms. The highest BCUT2D eigenvalue weighted by Gasteiger charge is 2.24. The monoisotopic (exact) mass is 350 g/mol. The van der Waals surface area contributed by atoms with Gasteiger partial charge >= 0.3 is 0 Å². The number of rotatable bonds is 6. The fourth-order valence-corrected chi connectivity index (χ4v) is 3.74. The number of hydrogen-bond acceptors (Lipinski definition) is 4. The van der Waals surface area contributed by atoms with E-state index in [9.17, 15) is 8.42 Å². The molecule has 0 amide bonds. The minimum atomic E-state index is -3.53. The van der Waals surface area contributed by atoms with Crippen LogP contribution in [0.4, 0.5) is 0 Å². The van der Waals surface area contributed by atoms with Crippen LogP contribution in [0.25, 0.3) is 0 Å². The summed E-state index contributed by atoms with van der Waals surface area (Å²) in [6.45, 7) is 6.53. The third-order valence-electron chi connectivity index (χ3n) is 4.42. The number of oxime groups is 1. The zero-order valence-corrected chi connectivity index (χ0v) is 15.6. The number of sulfonamides is 1. The second kappa shape index (κ2) is 7.94. The second-order valence-corrected chi connectivity index (χ2v) is 8.30. The quantitative estimate of drug-likeness (QED) is 0.801. The van der Waals surface area contributed by atoms with E-state index in [1.165, 1.54) is 7.11 Å². The average Bonchev–Trinajstić information content (AvgIpc) is 2.54. The van der Waals surface area contributed by atoms with Crippen molar-refractivity contribution in [3.8, 4) is 0 Å². The van der Waals surface area contributed by atoms with Crippen LogP contribution >= 0.6 is 0 Å². The van der Waals surface area contributed by atoms with Crippen molar-refractivity contribution in [2.75, 3.05) is 13.7 Å². The first kappa shape index (κ1) is 18.7. The lowest BCUT2D eigenvalue weighted by Crippen LogP contribution is -2.31. The van der Waals surface area contributed by atoms with Crippen molar-refractivity contribution in [1.29, 1.82) is 0 Å². The van der Waals surface area contributed by atoms with E-state index in [1.54, 1.807) is 24.3 Å². The molecule has 0 heterocycles. The van der Waals surface area contributed by atoms with Gasteiger partial charge in [-0.1, -0.05) is 42.8 Å². The second-order valence-electron chi connectivity index (χ2n) is 6.53. The van der Waals surface area contributed by atoms with Gasteiger partial charge in [0.1, 0.15) is 7.11 Å². The van der Waals surface area contributed by atoms with Crippen LogP contribution in [0, 0.1) is 18.8 Å². The first-order chi connectivity index (χ1) is 11.3. The lowest BCUT2D eigenvalue weighted by Gasteiger charge is -2.26. The molecule has 6 heteroatoms. The zero-order chi connectivity index (χ0) is 17.7. The summed E-state index contributed by atoms with van der Waals surface area (Å²) in [5.74, 6) is 1.06. The maximum atomic E-state index is 12.4. The van der Waals surface area contributed by atoms with Gasteiger partial charge in [-0.15, -0.1) is 0 Å². The smallest absolute Gasteiger partial charge is 0.240 e. The first-order valence-electron chi connectivity index (χ1n) is 8.19. The van der Waals surface area contributed by atoms with Crippen molar-refractivity contribution in [2.24, 2.45) is 17.0 Å². The van der Waals surface area contributed by atoms with Gasteiger partial charge in [0, 0.05) is 6.54 Å². The van der Waals surface area contributed by atoms with Crippen molar-refractivity contribution in [3.63, 3.8) is 0 Å². The van der Waals surface area contributed by atoms with Crippen LogP contribution in [0.15, 0.2) is 46.0 Å². The lowest BCUT2D eigenvalue weighted by molar-refractivity contribution is 0.211. The third-order valence-corrected chi connectivity index (χ3v) is 5.84. The predicted molar refractivity (Wildman–Crippen MR) is 96.5 cm³/mol. The number of aryl methyl sites for hydroxylation is 1. The summed E-state index contributed by atoms with van der Waals surface area (Å²) in [6, 6.07) is 6.82. The molecule has 0 fully saturated rings. The van der Waals surface area contributed by atoms with Crippen LogP contribution < -0.4 is 4.72 Å². The highest BCUT2D eigenvalue weighted by Crippen LogP contribution is 2.28. The molecule has 1 unspecified atom stereocenters. The molecule has 5 nitrogen and oxygen atoms in total. The van der Waals surface area contributed by atoms with Gasteiger partial charge in [-0.05, 0) is 49.3 Å². The molecule has 132 valence electrons. The normalized spacial score (nSPS) is 20.3. The maximum absolute atomic E-state index is 12.4. The van der Waals surface area contributed by atoms with E-state index in [2.05, 4.69) is 29.8 Å². The maximum Gasteiger partial charge on any atom is 0.240 e. The Hall–Kier alpha value is -1.66. The molecular weight excluding hydrogens is 324 g/mol. The molecule has 1 aliphatic rings. The molecule has 0 bridgehead atoms. The molecule has 0 spiro atoms. The Bertz CT molecular complexity index is 719. The molecule has 0 aromatic heterocycles. The van der Waals surface area contributed by atoms with Crippen LogP contribution in [0.3, 0.4) is 0 Å². The summed E-state index contributed by atoms with van der Waals surface area (Å²) in [5.41, 5.74) is 2.75. The van der Waals surface area contributed by atoms with Crippen LogP contribution in [-0.2, 0) is 14.9 Å². The SMILES string of the molecule is CO/N=C1\CC(C(C)C)CC=C1CNS(=O)(=O)c1ccc(C)cc1. The molecule has 1 aromatic rings. The van der Waals surface area contributed by atoms with Gasteiger partial charge in [-0.3, -0.25) is 0 Å². The molecule has 0 aliphatic heterocycles. The van der Waals surface area contributed by atoms with Gasteiger partial charge in [0.15, 0.2) is 0 Å². The summed E-state index contributed by atoms with van der Waals surface area (Å²) in [4.78, 5) is 5.21. The van der Waals surface area contributed by atoms with Crippen molar-refractivity contribution < 1.29 is 13.3 Å². The summed E-state index contributed by atoms with van der Waals surface area (Å²) in [6.07, 6.45) is 3.81. The Morgan fingerprint density at radius 3 is 2.54 bits per heavy atom. The predicted octanol–water partition coefficient (Wildman–Crippen LogP) is 3.27. The third kappa shape index (κ3) is 4.68. The Balaban J connectivity index is 2.11. The van der Waals surface area contributed by atoms with Gasteiger partial charge in [-0.2, -0.15) is 0 Å². The lowest BCUT2D eigenvalue weighted by atomic mass is 9.81. The highest BCUT2D eigenvalue weighted by molar-refractivity contribution is 7.89. The number of nitrogens with one attached hydrogen (secondary N) is 1. The van der Waals surface area contributed by atoms with Gasteiger partial charge in [-0.25, -0.2) is 13.1 Å². The fourth-order valence-electron chi connectivity index (χ4n) is 2.74. The van der Waals surface area contributed by atoms with Crippen LogP contribution in [0.1, 0.15) is 32.3 Å². The minimum Gasteiger partial charge on any atom is -0.399 e. The minimum absolute atomic E-state index is 0.225. The van der Waals surface area contributed by atoms with E-state index in [0.717, 1.165) is 29.7 Å². The summed E-state index contributed by atoms with van der Waals surface area (Å²) in [5, 5.41) is 4.10. The molecule has 0 saturated heterocycles. The molecule has 2 rings (SSSR count). The fraction of sp³-hybridized carbons (Fsp3) is 0.500. The van der Waals surface area contributed by atoms with E-state index in [-0.39, 0.29) is 11.4 Å². The van der Waals surface area contributed by atoms with E-state index in [1.807, 2.05) is 6.92 Å². The van der Waals surface area contributed by atoms with Crippen molar-refractivity contribution in [2.45, 2.75) is 38.5 Å². The van der Waals surface area contributed by atoms with Crippen molar-refractivity contribution >= 4 is 15.7 Å². The van der Waals surface area contributed by atoms with Crippen molar-refractivity contribution in [3.05, 3.63) is 41.5 Å². The molecule has 0 radical (unpaired) electrons. The van der Waals surface area contributed by atoms with Crippen LogP contribution in [-0.4, -0.2) is 27.8 Å². The number of hydrogen-bond donors (Lipinski definition) is 1. The highest BCUT2D eigenvalue weighted by atomic mass is 32.2. The average molecular weight is 350 g/mol. The Morgan fingerprint density at radius 1 is 1.29 bits per heavy atom. The zero-order valence-electron chi connectivity index (χ0n) is 14.7. The van der Waals surface area contributed by atoms with Crippen LogP contribution in [0.5, 0.6) is 0 Å². The van der Waals surface area contributed by atoms with E-state index < -0.39 is 10.0 Å². The van der Waals surface area contributed by atoms with Gasteiger partial charge in [0.05, 0.1) is 10.6 Å². The standard InChI is InChI=1S/C18H26N2O3S/c1-13(2)15-7-8-16(18(11-15)20-23-4)12-19-24(21,22)17-9-5-14(3)6-10-17/h5-6,8-10,13,15,19H,7,11-12H2,1-4H3/b20-18+. The summed E-state index contributed by atoms with van der Waals surface area (Å²) in [7, 11) is -2.02. The molecule has 1 atom stereocenters. The van der Waals surface area contributed by atoms with Gasteiger partial charge in [0.2, 0.25) is 10.0 Å². The van der Waals surface area contributed by atoms with E-state index in [0.29, 0.717) is 11.8 Å². The molecule has 0 saturated carbocycles. The van der Waals surface area contributed by atoms with Crippen LogP contribution in [0.2, 0.25) is 0 Å². The number of benzene rings is 1. The first-order valence-corrected chi connectivity index (χ1v) is 9.67. The summed E-state index contributed by atoms with van der Waals surface area (Å²) < 4.78 is 27.5. The van der Waals surface area contributed by atoms with E-state index in [4.69, 9.17) is 4.84 Å². The number of nitrogens with zero attached hydrogens (tertiary/aromatic N) is 1. The Morgan fingerprint density at radius 2 is 1.96 bits per heavy atom. The van der Waals surface area contributed by atoms with Gasteiger partial charge in [0.25, 0.3) is 0 Å². The molecule has 1 aliphatic carbocycles. The summed E-state index contributed by atoms with van der Waals surface area (Å²) >= 11 is 0. The molecule has 1 aromatic carbocycles. The Labute approximate surface area is 144 Å². The molecule has 1 N–H and O–H groups in total.